The Bertz CT molecular complexity index is 1050. The normalized spacial score (nSPS) is 14.4. The molecule has 0 atom stereocenters. The smallest absolute Gasteiger partial charge is 0.305 e. The van der Waals surface area contributed by atoms with Gasteiger partial charge in [-0.1, -0.05) is 30.7 Å². The van der Waals surface area contributed by atoms with Crippen molar-refractivity contribution in [3.05, 3.63) is 54.4 Å². The van der Waals surface area contributed by atoms with Crippen molar-refractivity contribution in [3.8, 4) is 11.3 Å². The maximum absolute atomic E-state index is 10.6. The minimum absolute atomic E-state index is 0.0156. The summed E-state index contributed by atoms with van der Waals surface area (Å²) in [4.78, 5) is 22.3. The number of nitrogens with one attached hydrogen (secondary N) is 1. The number of fused-ring (bicyclic) bond motifs is 1. The minimum atomic E-state index is -0.848. The van der Waals surface area contributed by atoms with Gasteiger partial charge < -0.3 is 20.1 Å². The largest absolute Gasteiger partial charge is 0.481 e. The third-order valence-corrected chi connectivity index (χ3v) is 6.00. The van der Waals surface area contributed by atoms with Crippen LogP contribution in [0.25, 0.3) is 22.2 Å². The molecule has 0 spiro atoms. The first-order valence-corrected chi connectivity index (χ1v) is 11.8. The number of piperidine rings is 1. The molecule has 0 unspecified atom stereocenters. The highest BCUT2D eigenvalue weighted by atomic mass is 16.5. The average molecular weight is 449 g/mol. The highest BCUT2D eigenvalue weighted by Gasteiger charge is 2.11. The predicted octanol–water partition coefficient (Wildman–Crippen LogP) is 4.58. The molecule has 1 saturated heterocycles. The fourth-order valence-corrected chi connectivity index (χ4v) is 4.19. The number of carboxylic acid groups (broad SMARTS) is 1. The van der Waals surface area contributed by atoms with E-state index in [-0.39, 0.29) is 13.0 Å². The zero-order chi connectivity index (χ0) is 22.9. The lowest BCUT2D eigenvalue weighted by atomic mass is 10.1. The Balaban J connectivity index is 1.41. The molecule has 4 rings (SSSR count). The molecule has 1 aliphatic heterocycles. The van der Waals surface area contributed by atoms with Crippen molar-refractivity contribution in [2.24, 2.45) is 0 Å². The van der Waals surface area contributed by atoms with E-state index in [2.05, 4.69) is 21.3 Å². The van der Waals surface area contributed by atoms with Gasteiger partial charge >= 0.3 is 5.97 Å². The van der Waals surface area contributed by atoms with Crippen molar-refractivity contribution in [3.63, 3.8) is 0 Å². The molecule has 1 aromatic carbocycles. The first-order valence-electron chi connectivity index (χ1n) is 11.8. The van der Waals surface area contributed by atoms with Gasteiger partial charge in [0.25, 0.3) is 0 Å². The van der Waals surface area contributed by atoms with E-state index < -0.39 is 5.97 Å². The summed E-state index contributed by atoms with van der Waals surface area (Å²) in [6.45, 7) is 5.12. The Kier molecular flexibility index (Phi) is 8.22. The van der Waals surface area contributed by atoms with Crippen LogP contribution in [0.2, 0.25) is 0 Å². The summed E-state index contributed by atoms with van der Waals surface area (Å²) in [7, 11) is 0. The molecule has 0 amide bonds. The topological polar surface area (TPSA) is 87.6 Å². The van der Waals surface area contributed by atoms with Crippen LogP contribution in [0.3, 0.4) is 0 Å². The maximum Gasteiger partial charge on any atom is 0.305 e. The van der Waals surface area contributed by atoms with Crippen molar-refractivity contribution in [2.45, 2.75) is 38.7 Å². The van der Waals surface area contributed by atoms with E-state index in [1.807, 2.05) is 36.5 Å². The number of anilines is 1. The second-order valence-corrected chi connectivity index (χ2v) is 8.52. The molecule has 33 heavy (non-hydrogen) atoms. The molecule has 174 valence electrons. The molecule has 0 bridgehead atoms. The monoisotopic (exact) mass is 448 g/mol. The van der Waals surface area contributed by atoms with Crippen LogP contribution >= 0.6 is 0 Å². The second-order valence-electron chi connectivity index (χ2n) is 8.52. The van der Waals surface area contributed by atoms with Crippen molar-refractivity contribution < 1.29 is 14.6 Å². The standard InChI is InChI=1S/C26H32N4O3/c31-26(32)10-16-33-19-20-5-7-21(8-6-20)24-17-25(22-18-27-12-9-23(22)29-24)28-11-4-15-30-13-2-1-3-14-30/h5-9,12,17-18H,1-4,10-11,13-16,19H2,(H,28,29)(H,31,32). The fraction of sp³-hybridized carbons (Fsp3) is 0.423. The molecule has 1 aliphatic rings. The lowest BCUT2D eigenvalue weighted by Crippen LogP contribution is -2.31. The molecule has 2 N–H and O–H groups in total. The molecular formula is C26H32N4O3. The first-order chi connectivity index (χ1) is 16.2. The molecule has 0 saturated carbocycles. The Hall–Kier alpha value is -3.03. The molecular weight excluding hydrogens is 416 g/mol. The predicted molar refractivity (Wildman–Crippen MR) is 130 cm³/mol. The maximum atomic E-state index is 10.6. The number of hydrogen-bond donors (Lipinski definition) is 2. The Labute approximate surface area is 194 Å². The quantitative estimate of drug-likeness (QED) is 0.415. The van der Waals surface area contributed by atoms with E-state index in [4.69, 9.17) is 14.8 Å². The average Bonchev–Trinajstić information content (AvgIpc) is 2.85. The van der Waals surface area contributed by atoms with Crippen LogP contribution in [0.5, 0.6) is 0 Å². The SMILES string of the molecule is O=C(O)CCOCc1ccc(-c2cc(NCCCN3CCCCC3)c3cnccc3n2)cc1. The van der Waals surface area contributed by atoms with Crippen LogP contribution in [0, 0.1) is 0 Å². The Morgan fingerprint density at radius 3 is 2.73 bits per heavy atom. The summed E-state index contributed by atoms with van der Waals surface area (Å²) in [5.41, 5.74) is 4.92. The summed E-state index contributed by atoms with van der Waals surface area (Å²) in [5.74, 6) is -0.848. The number of pyridine rings is 2. The van der Waals surface area contributed by atoms with Gasteiger partial charge in [0.05, 0.1) is 30.8 Å². The van der Waals surface area contributed by atoms with Gasteiger partial charge in [-0.2, -0.15) is 0 Å². The molecule has 3 aromatic rings. The van der Waals surface area contributed by atoms with E-state index in [1.54, 1.807) is 6.20 Å². The van der Waals surface area contributed by atoms with E-state index >= 15 is 0 Å². The first kappa shape index (κ1) is 23.1. The van der Waals surface area contributed by atoms with E-state index in [9.17, 15) is 4.79 Å². The number of aliphatic carboxylic acids is 1. The molecule has 0 radical (unpaired) electrons. The van der Waals surface area contributed by atoms with Crippen LogP contribution in [0.1, 0.15) is 37.7 Å². The van der Waals surface area contributed by atoms with Crippen molar-refractivity contribution in [1.82, 2.24) is 14.9 Å². The summed E-state index contributed by atoms with van der Waals surface area (Å²) in [6, 6.07) is 12.1. The highest BCUT2D eigenvalue weighted by molar-refractivity contribution is 5.93. The third kappa shape index (κ3) is 6.73. The Morgan fingerprint density at radius 1 is 1.12 bits per heavy atom. The number of carbonyl (C=O) groups is 1. The van der Waals surface area contributed by atoms with E-state index in [0.717, 1.165) is 52.9 Å². The number of ether oxygens (including phenoxy) is 1. The van der Waals surface area contributed by atoms with Gasteiger partial charge in [0.2, 0.25) is 0 Å². The summed E-state index contributed by atoms with van der Waals surface area (Å²) >= 11 is 0. The van der Waals surface area contributed by atoms with Crippen LogP contribution in [0.15, 0.2) is 48.8 Å². The van der Waals surface area contributed by atoms with Crippen LogP contribution in [-0.4, -0.2) is 58.7 Å². The van der Waals surface area contributed by atoms with Crippen molar-refractivity contribution in [1.29, 1.82) is 0 Å². The summed E-state index contributed by atoms with van der Waals surface area (Å²) in [5, 5.41) is 13.3. The summed E-state index contributed by atoms with van der Waals surface area (Å²) < 4.78 is 5.43. The fourth-order valence-electron chi connectivity index (χ4n) is 4.19. The highest BCUT2D eigenvalue weighted by Crippen LogP contribution is 2.28. The van der Waals surface area contributed by atoms with Crippen molar-refractivity contribution in [2.75, 3.05) is 38.1 Å². The number of benzene rings is 1. The zero-order valence-corrected chi connectivity index (χ0v) is 19.0. The van der Waals surface area contributed by atoms with E-state index in [0.29, 0.717) is 6.61 Å². The van der Waals surface area contributed by atoms with Crippen LogP contribution in [0.4, 0.5) is 5.69 Å². The van der Waals surface area contributed by atoms with Gasteiger partial charge in [0.1, 0.15) is 0 Å². The van der Waals surface area contributed by atoms with Gasteiger partial charge in [-0.15, -0.1) is 0 Å². The summed E-state index contributed by atoms with van der Waals surface area (Å²) in [6.07, 6.45) is 8.78. The lowest BCUT2D eigenvalue weighted by molar-refractivity contribution is -0.138. The van der Waals surface area contributed by atoms with E-state index in [1.165, 1.54) is 32.4 Å². The Morgan fingerprint density at radius 2 is 1.94 bits per heavy atom. The number of carboxylic acids is 1. The number of aromatic nitrogens is 2. The second kappa shape index (κ2) is 11.7. The molecule has 3 heterocycles. The van der Waals surface area contributed by atoms with Gasteiger partial charge in [-0.25, -0.2) is 4.98 Å². The number of hydrogen-bond acceptors (Lipinski definition) is 6. The molecule has 7 heteroatoms. The van der Waals surface area contributed by atoms with Gasteiger partial charge in [-0.3, -0.25) is 9.78 Å². The molecule has 1 fully saturated rings. The lowest BCUT2D eigenvalue weighted by Gasteiger charge is -2.26. The van der Waals surface area contributed by atoms with Crippen molar-refractivity contribution >= 4 is 22.6 Å². The van der Waals surface area contributed by atoms with Crippen LogP contribution < -0.4 is 5.32 Å². The third-order valence-electron chi connectivity index (χ3n) is 6.00. The zero-order valence-electron chi connectivity index (χ0n) is 19.0. The molecule has 2 aromatic heterocycles. The molecule has 0 aliphatic carbocycles. The number of nitrogens with zero attached hydrogens (tertiary/aromatic N) is 3. The van der Waals surface area contributed by atoms with Crippen LogP contribution in [-0.2, 0) is 16.1 Å². The molecule has 7 nitrogen and oxygen atoms in total. The van der Waals surface area contributed by atoms with Gasteiger partial charge in [0, 0.05) is 35.6 Å². The van der Waals surface area contributed by atoms with Gasteiger partial charge in [-0.05, 0) is 56.6 Å². The van der Waals surface area contributed by atoms with Gasteiger partial charge in [0.15, 0.2) is 0 Å². The number of rotatable bonds is 11. The minimum Gasteiger partial charge on any atom is -0.481 e. The number of likely N-dealkylation sites (tertiary alicyclic amines) is 1.